The summed E-state index contributed by atoms with van der Waals surface area (Å²) in [5, 5.41) is 6.83. The van der Waals surface area contributed by atoms with Crippen molar-refractivity contribution in [2.24, 2.45) is 16.3 Å². The predicted molar refractivity (Wildman–Crippen MR) is 94.6 cm³/mol. The molecule has 130 valence electrons. The number of rotatable bonds is 7. The highest BCUT2D eigenvalue weighted by Crippen LogP contribution is 2.61. The standard InChI is InChI=1S/C19H27N3O2/c1-2-20-18(22-12-19(8-9-19)15-4-5-15)21-10-7-14-3-6-16-17(11-14)24-13-23-16/h3,6,11,15H,2,4-5,7-10,12-13H2,1H3,(H2,20,21,22). The van der Waals surface area contributed by atoms with Crippen molar-refractivity contribution >= 4 is 5.96 Å². The Kier molecular flexibility index (Phi) is 4.25. The van der Waals surface area contributed by atoms with E-state index in [0.717, 1.165) is 49.4 Å². The fourth-order valence-corrected chi connectivity index (χ4v) is 3.55. The maximum atomic E-state index is 5.44. The summed E-state index contributed by atoms with van der Waals surface area (Å²) in [6.45, 7) is 5.19. The Hall–Kier alpha value is -1.91. The van der Waals surface area contributed by atoms with Gasteiger partial charge in [-0.3, -0.25) is 4.99 Å². The first-order valence-electron chi connectivity index (χ1n) is 9.20. The summed E-state index contributed by atoms with van der Waals surface area (Å²) in [7, 11) is 0. The third-order valence-electron chi connectivity index (χ3n) is 5.37. The van der Waals surface area contributed by atoms with Crippen molar-refractivity contribution in [3.8, 4) is 11.5 Å². The van der Waals surface area contributed by atoms with Crippen LogP contribution in [0.25, 0.3) is 0 Å². The van der Waals surface area contributed by atoms with Gasteiger partial charge in [-0.15, -0.1) is 0 Å². The molecule has 0 saturated heterocycles. The molecule has 0 unspecified atom stereocenters. The molecular formula is C19H27N3O2. The minimum Gasteiger partial charge on any atom is -0.454 e. The molecule has 0 spiro atoms. The SMILES string of the molecule is CCNC(=NCC1(C2CC2)CC1)NCCc1ccc2c(c1)OCO2. The van der Waals surface area contributed by atoms with Crippen LogP contribution in [0.15, 0.2) is 23.2 Å². The molecule has 1 heterocycles. The molecule has 2 aliphatic carbocycles. The van der Waals surface area contributed by atoms with E-state index in [0.29, 0.717) is 12.2 Å². The second-order valence-electron chi connectivity index (χ2n) is 7.20. The third-order valence-corrected chi connectivity index (χ3v) is 5.37. The van der Waals surface area contributed by atoms with Crippen molar-refractivity contribution < 1.29 is 9.47 Å². The maximum Gasteiger partial charge on any atom is 0.231 e. The molecule has 3 aliphatic rings. The topological polar surface area (TPSA) is 54.9 Å². The highest BCUT2D eigenvalue weighted by Gasteiger charge is 2.53. The average molecular weight is 329 g/mol. The highest BCUT2D eigenvalue weighted by molar-refractivity contribution is 5.79. The second-order valence-corrected chi connectivity index (χ2v) is 7.20. The predicted octanol–water partition coefficient (Wildman–Crippen LogP) is 2.70. The van der Waals surface area contributed by atoms with Gasteiger partial charge in [-0.05, 0) is 68.1 Å². The Balaban J connectivity index is 1.29. The number of hydrogen-bond donors (Lipinski definition) is 2. The molecular weight excluding hydrogens is 302 g/mol. The van der Waals surface area contributed by atoms with Crippen molar-refractivity contribution in [1.29, 1.82) is 0 Å². The van der Waals surface area contributed by atoms with Crippen molar-refractivity contribution in [1.82, 2.24) is 10.6 Å². The normalized spacial score (nSPS) is 20.8. The van der Waals surface area contributed by atoms with Crippen LogP contribution in [0.5, 0.6) is 11.5 Å². The lowest BCUT2D eigenvalue weighted by atomic mass is 10.0. The van der Waals surface area contributed by atoms with Gasteiger partial charge in [0.1, 0.15) is 0 Å². The molecule has 1 aromatic rings. The third kappa shape index (κ3) is 3.45. The zero-order valence-corrected chi connectivity index (χ0v) is 14.4. The maximum absolute atomic E-state index is 5.44. The van der Waals surface area contributed by atoms with Crippen LogP contribution >= 0.6 is 0 Å². The van der Waals surface area contributed by atoms with Crippen LogP contribution in [0.3, 0.4) is 0 Å². The number of guanidine groups is 1. The van der Waals surface area contributed by atoms with Gasteiger partial charge in [0.2, 0.25) is 6.79 Å². The Morgan fingerprint density at radius 3 is 2.79 bits per heavy atom. The van der Waals surface area contributed by atoms with Gasteiger partial charge >= 0.3 is 0 Å². The number of aliphatic imine (C=N–C) groups is 1. The van der Waals surface area contributed by atoms with E-state index in [1.165, 1.54) is 31.2 Å². The highest BCUT2D eigenvalue weighted by atomic mass is 16.7. The molecule has 1 aliphatic heterocycles. The van der Waals surface area contributed by atoms with Gasteiger partial charge in [-0.1, -0.05) is 6.07 Å². The quantitative estimate of drug-likeness (QED) is 0.596. The van der Waals surface area contributed by atoms with E-state index in [9.17, 15) is 0 Å². The number of hydrogen-bond acceptors (Lipinski definition) is 3. The van der Waals surface area contributed by atoms with Gasteiger partial charge in [0.05, 0.1) is 0 Å². The molecule has 1 aromatic carbocycles. The van der Waals surface area contributed by atoms with E-state index in [2.05, 4.69) is 29.7 Å². The molecule has 0 aromatic heterocycles. The van der Waals surface area contributed by atoms with Crippen LogP contribution < -0.4 is 20.1 Å². The molecule has 0 radical (unpaired) electrons. The van der Waals surface area contributed by atoms with E-state index < -0.39 is 0 Å². The number of nitrogens with one attached hydrogen (secondary N) is 2. The van der Waals surface area contributed by atoms with Crippen LogP contribution in [-0.4, -0.2) is 32.4 Å². The lowest BCUT2D eigenvalue weighted by molar-refractivity contribution is 0.174. The van der Waals surface area contributed by atoms with Crippen LogP contribution in [-0.2, 0) is 6.42 Å². The molecule has 5 nitrogen and oxygen atoms in total. The van der Waals surface area contributed by atoms with Gasteiger partial charge in [0.15, 0.2) is 17.5 Å². The monoisotopic (exact) mass is 329 g/mol. The van der Waals surface area contributed by atoms with Crippen LogP contribution in [0.4, 0.5) is 0 Å². The van der Waals surface area contributed by atoms with Gasteiger partial charge in [-0.2, -0.15) is 0 Å². The van der Waals surface area contributed by atoms with Crippen molar-refractivity contribution in [2.75, 3.05) is 26.4 Å². The van der Waals surface area contributed by atoms with Crippen molar-refractivity contribution in [3.05, 3.63) is 23.8 Å². The fourth-order valence-electron chi connectivity index (χ4n) is 3.55. The van der Waals surface area contributed by atoms with Crippen molar-refractivity contribution in [2.45, 2.75) is 39.0 Å². The molecule has 2 fully saturated rings. The van der Waals surface area contributed by atoms with Crippen LogP contribution in [0, 0.1) is 11.3 Å². The van der Waals surface area contributed by atoms with E-state index in [1.807, 2.05) is 6.07 Å². The molecule has 4 rings (SSSR count). The van der Waals surface area contributed by atoms with E-state index in [4.69, 9.17) is 14.5 Å². The van der Waals surface area contributed by atoms with Crippen LogP contribution in [0.2, 0.25) is 0 Å². The van der Waals surface area contributed by atoms with Gasteiger partial charge in [0, 0.05) is 19.6 Å². The molecule has 0 bridgehead atoms. The first-order chi connectivity index (χ1) is 11.8. The molecule has 2 N–H and O–H groups in total. The average Bonchev–Trinajstić information content (AvgIpc) is 3.50. The smallest absolute Gasteiger partial charge is 0.231 e. The van der Waals surface area contributed by atoms with Crippen LogP contribution in [0.1, 0.15) is 38.2 Å². The molecule has 2 saturated carbocycles. The van der Waals surface area contributed by atoms with E-state index in [1.54, 1.807) is 0 Å². The number of ether oxygens (including phenoxy) is 2. The first-order valence-corrected chi connectivity index (χ1v) is 9.20. The van der Waals surface area contributed by atoms with E-state index >= 15 is 0 Å². The van der Waals surface area contributed by atoms with E-state index in [-0.39, 0.29) is 0 Å². The van der Waals surface area contributed by atoms with Crippen molar-refractivity contribution in [3.63, 3.8) is 0 Å². The summed E-state index contributed by atoms with van der Waals surface area (Å²) in [6, 6.07) is 6.16. The lowest BCUT2D eigenvalue weighted by Gasteiger charge is -2.15. The number of nitrogens with zero attached hydrogens (tertiary/aromatic N) is 1. The summed E-state index contributed by atoms with van der Waals surface area (Å²) in [4.78, 5) is 4.85. The lowest BCUT2D eigenvalue weighted by Crippen LogP contribution is -2.38. The van der Waals surface area contributed by atoms with Gasteiger partial charge < -0.3 is 20.1 Å². The molecule has 0 atom stereocenters. The fraction of sp³-hybridized carbons (Fsp3) is 0.632. The summed E-state index contributed by atoms with van der Waals surface area (Å²) in [6.07, 6.45) is 6.53. The summed E-state index contributed by atoms with van der Waals surface area (Å²) in [5.41, 5.74) is 1.80. The second kappa shape index (κ2) is 6.54. The zero-order chi connectivity index (χ0) is 16.4. The van der Waals surface area contributed by atoms with Gasteiger partial charge in [-0.25, -0.2) is 0 Å². The summed E-state index contributed by atoms with van der Waals surface area (Å²) >= 11 is 0. The Morgan fingerprint density at radius 1 is 1.21 bits per heavy atom. The zero-order valence-electron chi connectivity index (χ0n) is 14.4. The Bertz CT molecular complexity index is 621. The number of benzene rings is 1. The summed E-state index contributed by atoms with van der Waals surface area (Å²) in [5.74, 6) is 3.60. The minimum absolute atomic E-state index is 0.330. The Labute approximate surface area is 143 Å². The molecule has 0 amide bonds. The van der Waals surface area contributed by atoms with Gasteiger partial charge in [0.25, 0.3) is 0 Å². The minimum atomic E-state index is 0.330. The number of fused-ring (bicyclic) bond motifs is 1. The Morgan fingerprint density at radius 2 is 2.04 bits per heavy atom. The first kappa shape index (κ1) is 15.6. The molecule has 5 heteroatoms. The largest absolute Gasteiger partial charge is 0.454 e. The molecule has 24 heavy (non-hydrogen) atoms. The summed E-state index contributed by atoms with van der Waals surface area (Å²) < 4.78 is 10.8.